The minimum absolute atomic E-state index is 0.152. The monoisotopic (exact) mass is 308 g/mol. The van der Waals surface area contributed by atoms with E-state index in [0.29, 0.717) is 5.16 Å². The highest BCUT2D eigenvalue weighted by atomic mass is 32.2. The van der Waals surface area contributed by atoms with E-state index in [-0.39, 0.29) is 23.4 Å². The molecule has 0 saturated heterocycles. The molecular weight excluding hydrogens is 291 g/mol. The first-order valence-corrected chi connectivity index (χ1v) is 7.54. The summed E-state index contributed by atoms with van der Waals surface area (Å²) in [6, 6.07) is 4.92. The molecule has 2 aromatic rings. The summed E-state index contributed by atoms with van der Waals surface area (Å²) >= 11 is 1.27. The molecule has 0 aliphatic rings. The lowest BCUT2D eigenvalue weighted by atomic mass is 10.2. The minimum atomic E-state index is -0.432. The van der Waals surface area contributed by atoms with Crippen LogP contribution in [-0.4, -0.2) is 26.4 Å². The topological polar surface area (TPSA) is 59.8 Å². The van der Waals surface area contributed by atoms with Crippen molar-refractivity contribution in [1.82, 2.24) is 14.8 Å². The molecule has 5 nitrogen and oxygen atoms in total. The van der Waals surface area contributed by atoms with Gasteiger partial charge in [-0.1, -0.05) is 17.8 Å². The summed E-state index contributed by atoms with van der Waals surface area (Å²) in [6.45, 7) is 5.81. The Morgan fingerprint density at radius 2 is 2.24 bits per heavy atom. The van der Waals surface area contributed by atoms with Gasteiger partial charge in [0, 0.05) is 6.04 Å². The molecule has 1 amide bonds. The van der Waals surface area contributed by atoms with E-state index in [1.807, 2.05) is 18.4 Å². The number of aromatic nitrogens is 3. The molecule has 1 aromatic carbocycles. The van der Waals surface area contributed by atoms with Crippen molar-refractivity contribution in [3.05, 3.63) is 35.9 Å². The quantitative estimate of drug-likeness (QED) is 0.863. The molecule has 0 aliphatic carbocycles. The smallest absolute Gasteiger partial charge is 0.234 e. The fraction of sp³-hybridized carbons (Fsp3) is 0.357. The van der Waals surface area contributed by atoms with Crippen molar-refractivity contribution in [2.24, 2.45) is 0 Å². The number of benzene rings is 1. The molecule has 1 N–H and O–H groups in total. The Hall–Kier alpha value is -1.89. The fourth-order valence-electron chi connectivity index (χ4n) is 1.73. The van der Waals surface area contributed by atoms with Crippen LogP contribution in [0.25, 0.3) is 0 Å². The Morgan fingerprint density at radius 3 is 2.90 bits per heavy atom. The average Bonchev–Trinajstić information content (AvgIpc) is 2.88. The van der Waals surface area contributed by atoms with Gasteiger partial charge < -0.3 is 9.88 Å². The SMILES string of the molecule is Cc1ccc(NC(=O)CSc2nncn2C(C)C)c(F)c1. The van der Waals surface area contributed by atoms with Crippen LogP contribution in [0.3, 0.4) is 0 Å². The standard InChI is InChI=1S/C14H17FN4OS/c1-9(2)19-8-16-18-14(19)21-7-13(20)17-12-5-4-10(3)6-11(12)15/h4-6,8-9H,7H2,1-3H3,(H,17,20). The van der Waals surface area contributed by atoms with Crippen molar-refractivity contribution in [3.63, 3.8) is 0 Å². The lowest BCUT2D eigenvalue weighted by Crippen LogP contribution is -2.15. The van der Waals surface area contributed by atoms with Crippen LogP contribution in [-0.2, 0) is 4.79 Å². The Morgan fingerprint density at radius 1 is 1.48 bits per heavy atom. The van der Waals surface area contributed by atoms with E-state index >= 15 is 0 Å². The van der Waals surface area contributed by atoms with E-state index in [4.69, 9.17) is 0 Å². The molecule has 0 aliphatic heterocycles. The second kappa shape index (κ2) is 6.71. The number of aryl methyl sites for hydroxylation is 1. The van der Waals surface area contributed by atoms with Gasteiger partial charge in [0.2, 0.25) is 5.91 Å². The van der Waals surface area contributed by atoms with Crippen molar-refractivity contribution in [2.45, 2.75) is 32.0 Å². The van der Waals surface area contributed by atoms with E-state index in [9.17, 15) is 9.18 Å². The Labute approximate surface area is 127 Å². The fourth-order valence-corrected chi connectivity index (χ4v) is 2.57. The van der Waals surface area contributed by atoms with E-state index in [1.165, 1.54) is 17.8 Å². The number of carbonyl (C=O) groups is 1. The van der Waals surface area contributed by atoms with Crippen LogP contribution in [0.1, 0.15) is 25.5 Å². The van der Waals surface area contributed by atoms with Crippen LogP contribution in [0, 0.1) is 12.7 Å². The summed E-state index contributed by atoms with van der Waals surface area (Å²) in [6.07, 6.45) is 1.63. The molecule has 0 spiro atoms. The highest BCUT2D eigenvalue weighted by molar-refractivity contribution is 7.99. The van der Waals surface area contributed by atoms with Crippen molar-refractivity contribution in [1.29, 1.82) is 0 Å². The number of amides is 1. The second-order valence-corrected chi connectivity index (χ2v) is 5.88. The summed E-state index contributed by atoms with van der Waals surface area (Å²) in [5.74, 6) is -0.557. The number of carbonyl (C=O) groups excluding carboxylic acids is 1. The Kier molecular flexibility index (Phi) is 4.95. The largest absolute Gasteiger partial charge is 0.323 e. The first-order valence-electron chi connectivity index (χ1n) is 6.55. The van der Waals surface area contributed by atoms with Gasteiger partial charge >= 0.3 is 0 Å². The summed E-state index contributed by atoms with van der Waals surface area (Å²) in [4.78, 5) is 11.9. The van der Waals surface area contributed by atoms with Gasteiger partial charge in [-0.05, 0) is 38.5 Å². The maximum Gasteiger partial charge on any atom is 0.234 e. The predicted molar refractivity (Wildman–Crippen MR) is 80.9 cm³/mol. The number of hydrogen-bond acceptors (Lipinski definition) is 4. The van der Waals surface area contributed by atoms with Crippen LogP contribution in [0.15, 0.2) is 29.7 Å². The third-order valence-corrected chi connectivity index (χ3v) is 3.78. The van der Waals surface area contributed by atoms with E-state index < -0.39 is 5.82 Å². The van der Waals surface area contributed by atoms with E-state index in [1.54, 1.807) is 25.4 Å². The zero-order valence-corrected chi connectivity index (χ0v) is 12.9. The molecular formula is C14H17FN4OS. The maximum atomic E-state index is 13.6. The average molecular weight is 308 g/mol. The molecule has 1 heterocycles. The highest BCUT2D eigenvalue weighted by Crippen LogP contribution is 2.20. The Bertz CT molecular complexity index is 642. The highest BCUT2D eigenvalue weighted by Gasteiger charge is 2.12. The van der Waals surface area contributed by atoms with Gasteiger partial charge in [0.1, 0.15) is 12.1 Å². The number of halogens is 1. The summed E-state index contributed by atoms with van der Waals surface area (Å²) < 4.78 is 15.5. The third-order valence-electron chi connectivity index (χ3n) is 2.83. The molecule has 0 saturated carbocycles. The number of nitrogens with one attached hydrogen (secondary N) is 1. The summed E-state index contributed by atoms with van der Waals surface area (Å²) in [5, 5.41) is 11.0. The number of thioether (sulfide) groups is 1. The Balaban J connectivity index is 1.94. The van der Waals surface area contributed by atoms with Gasteiger partial charge in [-0.25, -0.2) is 4.39 Å². The van der Waals surface area contributed by atoms with Crippen LogP contribution in [0.5, 0.6) is 0 Å². The van der Waals surface area contributed by atoms with Gasteiger partial charge in [-0.3, -0.25) is 4.79 Å². The van der Waals surface area contributed by atoms with Crippen LogP contribution in [0.4, 0.5) is 10.1 Å². The van der Waals surface area contributed by atoms with Gasteiger partial charge in [0.05, 0.1) is 11.4 Å². The van der Waals surface area contributed by atoms with Crippen LogP contribution < -0.4 is 5.32 Å². The minimum Gasteiger partial charge on any atom is -0.323 e. The van der Waals surface area contributed by atoms with E-state index in [0.717, 1.165) is 5.56 Å². The van der Waals surface area contributed by atoms with Gasteiger partial charge in [-0.15, -0.1) is 10.2 Å². The number of anilines is 1. The normalized spacial score (nSPS) is 10.9. The molecule has 0 bridgehead atoms. The van der Waals surface area contributed by atoms with Crippen molar-refractivity contribution in [2.75, 3.05) is 11.1 Å². The molecule has 112 valence electrons. The molecule has 0 fully saturated rings. The summed E-state index contributed by atoms with van der Waals surface area (Å²) in [5.41, 5.74) is 1.00. The zero-order valence-electron chi connectivity index (χ0n) is 12.1. The first kappa shape index (κ1) is 15.5. The molecule has 21 heavy (non-hydrogen) atoms. The van der Waals surface area contributed by atoms with E-state index in [2.05, 4.69) is 15.5 Å². The third kappa shape index (κ3) is 4.04. The molecule has 2 rings (SSSR count). The molecule has 1 aromatic heterocycles. The van der Waals surface area contributed by atoms with Gasteiger partial charge in [0.15, 0.2) is 5.16 Å². The molecule has 0 unspecified atom stereocenters. The van der Waals surface area contributed by atoms with Crippen molar-refractivity contribution < 1.29 is 9.18 Å². The first-order chi connectivity index (χ1) is 9.97. The lowest BCUT2D eigenvalue weighted by molar-refractivity contribution is -0.113. The van der Waals surface area contributed by atoms with Crippen LogP contribution in [0.2, 0.25) is 0 Å². The molecule has 7 heteroatoms. The van der Waals surface area contributed by atoms with Crippen molar-refractivity contribution in [3.8, 4) is 0 Å². The van der Waals surface area contributed by atoms with Gasteiger partial charge in [0.25, 0.3) is 0 Å². The van der Waals surface area contributed by atoms with Crippen molar-refractivity contribution >= 4 is 23.4 Å². The second-order valence-electron chi connectivity index (χ2n) is 4.93. The lowest BCUT2D eigenvalue weighted by Gasteiger charge is -2.10. The number of hydrogen-bond donors (Lipinski definition) is 1. The van der Waals surface area contributed by atoms with Gasteiger partial charge in [-0.2, -0.15) is 0 Å². The number of rotatable bonds is 5. The predicted octanol–water partition coefficient (Wildman–Crippen LogP) is 3.04. The molecule has 0 radical (unpaired) electrons. The zero-order chi connectivity index (χ0) is 15.4. The number of nitrogens with zero attached hydrogens (tertiary/aromatic N) is 3. The molecule has 0 atom stereocenters. The maximum absolute atomic E-state index is 13.6. The summed E-state index contributed by atoms with van der Waals surface area (Å²) in [7, 11) is 0. The van der Waals surface area contributed by atoms with Crippen LogP contribution >= 0.6 is 11.8 Å².